The molecule has 0 aliphatic carbocycles. The largest absolute Gasteiger partial charge is 0.479 e. The van der Waals surface area contributed by atoms with Gasteiger partial charge in [-0.2, -0.15) is 0 Å². The molecule has 0 bridgehead atoms. The number of nitro benzene ring substituents is 1. The second-order valence-electron chi connectivity index (χ2n) is 6.36. The average molecular weight is 460 g/mol. The molecule has 1 fully saturated rings. The van der Waals surface area contributed by atoms with E-state index in [9.17, 15) is 19.7 Å². The number of carbonyl (C=O) groups excluding carboxylic acids is 1. The molecular formula is C20H17N3O6S2. The molecule has 1 saturated heterocycles. The van der Waals surface area contributed by atoms with Crippen molar-refractivity contribution in [2.75, 3.05) is 5.43 Å². The van der Waals surface area contributed by atoms with Crippen molar-refractivity contribution in [1.29, 1.82) is 0 Å². The van der Waals surface area contributed by atoms with Crippen molar-refractivity contribution in [3.8, 4) is 5.75 Å². The van der Waals surface area contributed by atoms with Gasteiger partial charge in [-0.05, 0) is 54.5 Å². The van der Waals surface area contributed by atoms with Crippen molar-refractivity contribution in [3.05, 3.63) is 69.1 Å². The molecule has 1 unspecified atom stereocenters. The number of ether oxygens (including phenoxy) is 1. The Morgan fingerprint density at radius 2 is 2.06 bits per heavy atom. The minimum atomic E-state index is -1.05. The number of carboxylic acids is 1. The van der Waals surface area contributed by atoms with Crippen molar-refractivity contribution in [3.63, 3.8) is 0 Å². The van der Waals surface area contributed by atoms with Crippen LogP contribution in [0.5, 0.6) is 5.75 Å². The maximum atomic E-state index is 12.8. The van der Waals surface area contributed by atoms with Crippen LogP contribution in [0.2, 0.25) is 0 Å². The van der Waals surface area contributed by atoms with Crippen LogP contribution >= 0.6 is 24.0 Å². The first-order valence-corrected chi connectivity index (χ1v) is 10.3. The Morgan fingerprint density at radius 3 is 2.68 bits per heavy atom. The lowest BCUT2D eigenvalue weighted by Gasteiger charge is -2.16. The number of carbonyl (C=O) groups is 2. The SMILES string of the molecule is CCC(Oc1cccc(/C=C2/SC(=S)N(Nc3ccc([N+](=O)[O-])cc3)C2=O)c1)C(=O)O. The highest BCUT2D eigenvalue weighted by molar-refractivity contribution is 8.26. The van der Waals surface area contributed by atoms with Crippen molar-refractivity contribution < 1.29 is 24.4 Å². The number of benzene rings is 2. The number of nitro groups is 1. The van der Waals surface area contributed by atoms with Crippen molar-refractivity contribution >= 4 is 57.6 Å². The first-order valence-electron chi connectivity index (χ1n) is 9.07. The zero-order chi connectivity index (χ0) is 22.5. The number of non-ortho nitro benzene ring substituents is 1. The molecule has 0 saturated carbocycles. The molecule has 160 valence electrons. The number of amides is 1. The number of aliphatic carboxylic acids is 1. The number of nitrogens with one attached hydrogen (secondary N) is 1. The van der Waals surface area contributed by atoms with Gasteiger partial charge < -0.3 is 9.84 Å². The minimum Gasteiger partial charge on any atom is -0.479 e. The summed E-state index contributed by atoms with van der Waals surface area (Å²) in [6.07, 6.45) is 0.983. The van der Waals surface area contributed by atoms with Crippen LogP contribution in [0, 0.1) is 10.1 Å². The number of carboxylic acid groups (broad SMARTS) is 1. The van der Waals surface area contributed by atoms with Gasteiger partial charge in [0, 0.05) is 12.1 Å². The molecule has 1 atom stereocenters. The van der Waals surface area contributed by atoms with Gasteiger partial charge >= 0.3 is 5.97 Å². The minimum absolute atomic E-state index is 0.0638. The Morgan fingerprint density at radius 1 is 1.35 bits per heavy atom. The number of thioether (sulfide) groups is 1. The van der Waals surface area contributed by atoms with E-state index in [1.165, 1.54) is 29.3 Å². The fourth-order valence-corrected chi connectivity index (χ4v) is 3.83. The van der Waals surface area contributed by atoms with Gasteiger partial charge in [-0.15, -0.1) is 0 Å². The Balaban J connectivity index is 1.75. The van der Waals surface area contributed by atoms with Crippen LogP contribution in [-0.4, -0.2) is 37.3 Å². The maximum Gasteiger partial charge on any atom is 0.344 e. The molecule has 11 heteroatoms. The van der Waals surface area contributed by atoms with Crippen LogP contribution in [0.3, 0.4) is 0 Å². The maximum absolute atomic E-state index is 12.8. The monoisotopic (exact) mass is 459 g/mol. The van der Waals surface area contributed by atoms with Gasteiger partial charge in [0.2, 0.25) is 0 Å². The van der Waals surface area contributed by atoms with E-state index in [1.807, 2.05) is 0 Å². The summed E-state index contributed by atoms with van der Waals surface area (Å²) in [5.41, 5.74) is 3.90. The summed E-state index contributed by atoms with van der Waals surface area (Å²) in [7, 11) is 0. The van der Waals surface area contributed by atoms with Crippen LogP contribution in [0.25, 0.3) is 6.08 Å². The lowest BCUT2D eigenvalue weighted by molar-refractivity contribution is -0.384. The Bertz CT molecular complexity index is 1070. The predicted molar refractivity (Wildman–Crippen MR) is 121 cm³/mol. The van der Waals surface area contributed by atoms with Gasteiger partial charge in [-0.3, -0.25) is 20.3 Å². The second kappa shape index (κ2) is 9.58. The quantitative estimate of drug-likeness (QED) is 0.260. The average Bonchev–Trinajstić information content (AvgIpc) is 2.99. The van der Waals surface area contributed by atoms with Gasteiger partial charge in [0.05, 0.1) is 15.5 Å². The Labute approximate surface area is 186 Å². The van der Waals surface area contributed by atoms with Crippen molar-refractivity contribution in [2.45, 2.75) is 19.4 Å². The first-order chi connectivity index (χ1) is 14.8. The third kappa shape index (κ3) is 5.38. The van der Waals surface area contributed by atoms with Gasteiger partial charge in [0.15, 0.2) is 10.4 Å². The molecule has 1 aliphatic heterocycles. The van der Waals surface area contributed by atoms with Crippen LogP contribution in [0.4, 0.5) is 11.4 Å². The second-order valence-corrected chi connectivity index (χ2v) is 8.03. The molecule has 1 aliphatic rings. The van der Waals surface area contributed by atoms with Gasteiger partial charge in [0.1, 0.15) is 5.75 Å². The molecule has 1 heterocycles. The van der Waals surface area contributed by atoms with E-state index in [0.717, 1.165) is 11.8 Å². The fourth-order valence-electron chi connectivity index (χ4n) is 2.65. The highest BCUT2D eigenvalue weighted by Crippen LogP contribution is 2.33. The lowest BCUT2D eigenvalue weighted by Crippen LogP contribution is -2.33. The lowest BCUT2D eigenvalue weighted by atomic mass is 10.2. The van der Waals surface area contributed by atoms with E-state index in [-0.39, 0.29) is 15.9 Å². The number of nitrogens with zero attached hydrogens (tertiary/aromatic N) is 2. The summed E-state index contributed by atoms with van der Waals surface area (Å²) >= 11 is 6.37. The topological polar surface area (TPSA) is 122 Å². The number of hydrazine groups is 1. The Kier molecular flexibility index (Phi) is 6.88. The molecule has 0 aromatic heterocycles. The summed E-state index contributed by atoms with van der Waals surface area (Å²) in [5.74, 6) is -1.05. The molecule has 1 amide bonds. The zero-order valence-corrected chi connectivity index (χ0v) is 17.8. The van der Waals surface area contributed by atoms with E-state index in [4.69, 9.17) is 22.1 Å². The molecule has 31 heavy (non-hydrogen) atoms. The summed E-state index contributed by atoms with van der Waals surface area (Å²) in [6.45, 7) is 1.71. The molecule has 2 aromatic carbocycles. The van der Waals surface area contributed by atoms with Gasteiger partial charge in [-0.25, -0.2) is 9.80 Å². The number of hydrogen-bond acceptors (Lipinski definition) is 8. The van der Waals surface area contributed by atoms with Gasteiger partial charge in [0.25, 0.3) is 11.6 Å². The van der Waals surface area contributed by atoms with Crippen LogP contribution in [0.15, 0.2) is 53.4 Å². The molecule has 0 radical (unpaired) electrons. The fraction of sp³-hybridized carbons (Fsp3) is 0.150. The molecule has 2 aromatic rings. The molecule has 2 N–H and O–H groups in total. The molecular weight excluding hydrogens is 442 g/mol. The van der Waals surface area contributed by atoms with Crippen LogP contribution in [0.1, 0.15) is 18.9 Å². The zero-order valence-electron chi connectivity index (χ0n) is 16.2. The summed E-state index contributed by atoms with van der Waals surface area (Å²) in [5, 5.41) is 21.1. The number of anilines is 1. The number of thiocarbonyl (C=S) groups is 1. The highest BCUT2D eigenvalue weighted by Gasteiger charge is 2.32. The first kappa shape index (κ1) is 22.2. The third-order valence-electron chi connectivity index (χ3n) is 4.19. The van der Waals surface area contributed by atoms with Crippen molar-refractivity contribution in [2.24, 2.45) is 0 Å². The standard InChI is InChI=1S/C20H17N3O6S2/c1-2-16(19(25)26)29-15-5-3-4-12(10-15)11-17-18(24)22(20(30)31-17)21-13-6-8-14(9-7-13)23(27)28/h3-11,16,21H,2H2,1H3,(H,25,26)/b17-11+. The normalized spacial score (nSPS) is 15.8. The van der Waals surface area contributed by atoms with Crippen LogP contribution < -0.4 is 10.2 Å². The summed E-state index contributed by atoms with van der Waals surface area (Å²) < 4.78 is 5.76. The molecule has 9 nitrogen and oxygen atoms in total. The highest BCUT2D eigenvalue weighted by atomic mass is 32.2. The number of rotatable bonds is 8. The van der Waals surface area contributed by atoms with E-state index in [0.29, 0.717) is 28.3 Å². The Hall–Kier alpha value is -3.44. The van der Waals surface area contributed by atoms with E-state index < -0.39 is 17.0 Å². The van der Waals surface area contributed by atoms with E-state index in [1.54, 1.807) is 37.3 Å². The third-order valence-corrected chi connectivity index (χ3v) is 5.50. The molecule has 0 spiro atoms. The summed E-state index contributed by atoms with van der Waals surface area (Å²) in [6, 6.07) is 12.3. The van der Waals surface area contributed by atoms with E-state index >= 15 is 0 Å². The molecule has 3 rings (SSSR count). The summed E-state index contributed by atoms with van der Waals surface area (Å²) in [4.78, 5) is 34.6. The predicted octanol–water partition coefficient (Wildman–Crippen LogP) is 4.07. The van der Waals surface area contributed by atoms with E-state index in [2.05, 4.69) is 5.43 Å². The number of hydrogen-bond donors (Lipinski definition) is 2. The van der Waals surface area contributed by atoms with Gasteiger partial charge in [-0.1, -0.05) is 30.8 Å². The van der Waals surface area contributed by atoms with Crippen molar-refractivity contribution in [1.82, 2.24) is 5.01 Å². The smallest absolute Gasteiger partial charge is 0.344 e. The van der Waals surface area contributed by atoms with Crippen LogP contribution in [-0.2, 0) is 9.59 Å².